The van der Waals surface area contributed by atoms with E-state index in [1.165, 1.54) is 0 Å². The summed E-state index contributed by atoms with van der Waals surface area (Å²) >= 11 is 9.37. The summed E-state index contributed by atoms with van der Waals surface area (Å²) < 4.78 is 0.696. The Balaban J connectivity index is 2.90. The van der Waals surface area contributed by atoms with E-state index in [0.717, 1.165) is 10.9 Å². The summed E-state index contributed by atoms with van der Waals surface area (Å²) in [4.78, 5) is 19.4. The predicted molar refractivity (Wildman–Crippen MR) is 74.6 cm³/mol. The minimum absolute atomic E-state index is 0.0583. The molecule has 0 spiro atoms. The van der Waals surface area contributed by atoms with E-state index in [1.54, 1.807) is 6.07 Å². The third-order valence-corrected chi connectivity index (χ3v) is 3.98. The van der Waals surface area contributed by atoms with Crippen molar-refractivity contribution in [2.24, 2.45) is 5.73 Å². The quantitative estimate of drug-likeness (QED) is 0.826. The molecule has 2 rings (SSSR count). The van der Waals surface area contributed by atoms with E-state index >= 15 is 0 Å². The Morgan fingerprint density at radius 1 is 1.50 bits per heavy atom. The summed E-state index contributed by atoms with van der Waals surface area (Å²) in [6.45, 7) is 1.97. The first-order valence-corrected chi connectivity index (χ1v) is 6.36. The van der Waals surface area contributed by atoms with Crippen LogP contribution < -0.4 is 11.5 Å². The van der Waals surface area contributed by atoms with E-state index in [9.17, 15) is 4.79 Å². The number of nitrogens with zero attached hydrogens (tertiary/aromatic N) is 2. The first kappa shape index (κ1) is 13.0. The molecule has 0 saturated carbocycles. The molecule has 0 bridgehead atoms. The topological polar surface area (TPSA) is 94.9 Å². The first-order valence-electron chi connectivity index (χ1n) is 5.19. The Morgan fingerprint density at radius 2 is 2.17 bits per heavy atom. The maximum atomic E-state index is 11.3. The highest BCUT2D eigenvalue weighted by atomic mass is 79.9. The Kier molecular flexibility index (Phi) is 3.41. The van der Waals surface area contributed by atoms with E-state index in [4.69, 9.17) is 23.1 Å². The summed E-state index contributed by atoms with van der Waals surface area (Å²) in [5, 5.41) is 1.04. The van der Waals surface area contributed by atoms with Gasteiger partial charge in [0, 0.05) is 5.39 Å². The normalized spacial score (nSPS) is 10.8. The molecule has 5 nitrogen and oxygen atoms in total. The van der Waals surface area contributed by atoms with Crippen LogP contribution in [-0.2, 0) is 6.42 Å². The van der Waals surface area contributed by atoms with Crippen molar-refractivity contribution in [1.82, 2.24) is 9.97 Å². The fraction of sp³-hybridized carbons (Fsp3) is 0.182. The molecule has 2 aromatic heterocycles. The number of pyridine rings is 2. The van der Waals surface area contributed by atoms with Crippen molar-refractivity contribution in [2.45, 2.75) is 13.3 Å². The van der Waals surface area contributed by atoms with Gasteiger partial charge in [-0.05, 0) is 34.0 Å². The van der Waals surface area contributed by atoms with E-state index in [1.807, 2.05) is 6.92 Å². The molecular formula is C11H10BrClN4O. The smallest absolute Gasteiger partial charge is 0.252 e. The summed E-state index contributed by atoms with van der Waals surface area (Å²) in [7, 11) is 0. The van der Waals surface area contributed by atoms with Crippen molar-refractivity contribution in [3.8, 4) is 0 Å². The fourth-order valence-electron chi connectivity index (χ4n) is 1.75. The third kappa shape index (κ3) is 2.02. The second-order valence-corrected chi connectivity index (χ2v) is 4.86. The average Bonchev–Trinajstić information content (AvgIpc) is 2.30. The van der Waals surface area contributed by atoms with Gasteiger partial charge in [-0.15, -0.1) is 0 Å². The van der Waals surface area contributed by atoms with Gasteiger partial charge in [0.2, 0.25) is 0 Å². The van der Waals surface area contributed by atoms with Crippen LogP contribution in [0.3, 0.4) is 0 Å². The Bertz CT molecular complexity index is 659. The van der Waals surface area contributed by atoms with Gasteiger partial charge in [0.05, 0.1) is 10.0 Å². The van der Waals surface area contributed by atoms with Gasteiger partial charge >= 0.3 is 0 Å². The second kappa shape index (κ2) is 4.70. The maximum absolute atomic E-state index is 11.3. The van der Waals surface area contributed by atoms with Crippen LogP contribution in [0.15, 0.2) is 10.5 Å². The molecule has 0 saturated heterocycles. The third-order valence-electron chi connectivity index (χ3n) is 2.63. The monoisotopic (exact) mass is 328 g/mol. The molecule has 0 unspecified atom stereocenters. The number of halogens is 2. The van der Waals surface area contributed by atoms with Gasteiger partial charge in [-0.25, -0.2) is 9.97 Å². The molecule has 4 N–H and O–H groups in total. The minimum atomic E-state index is -0.616. The number of fused-ring (bicyclic) bond motifs is 1. The number of carbonyl (C=O) groups excluding carboxylic acids is 1. The molecule has 0 aliphatic heterocycles. The molecule has 0 aromatic carbocycles. The van der Waals surface area contributed by atoms with Crippen molar-refractivity contribution in [3.05, 3.63) is 26.8 Å². The van der Waals surface area contributed by atoms with Crippen LogP contribution in [0.5, 0.6) is 0 Å². The van der Waals surface area contributed by atoms with Gasteiger partial charge in [-0.3, -0.25) is 4.79 Å². The van der Waals surface area contributed by atoms with Crippen LogP contribution in [0.2, 0.25) is 5.15 Å². The Morgan fingerprint density at radius 3 is 2.72 bits per heavy atom. The van der Waals surface area contributed by atoms with Gasteiger partial charge < -0.3 is 11.5 Å². The van der Waals surface area contributed by atoms with Gasteiger partial charge in [-0.2, -0.15) is 0 Å². The van der Waals surface area contributed by atoms with Gasteiger partial charge in [0.25, 0.3) is 5.91 Å². The molecule has 0 fully saturated rings. The number of nitrogen functional groups attached to an aromatic ring is 1. The molecule has 7 heteroatoms. The molecule has 0 radical (unpaired) electrons. The summed E-state index contributed by atoms with van der Waals surface area (Å²) in [5.74, 6) is -0.557. The highest BCUT2D eigenvalue weighted by Crippen LogP contribution is 2.32. The summed E-state index contributed by atoms with van der Waals surface area (Å²) in [6.07, 6.45) is 0.711. The number of hydrogen-bond acceptors (Lipinski definition) is 4. The highest BCUT2D eigenvalue weighted by molar-refractivity contribution is 9.10. The number of aromatic nitrogens is 2. The highest BCUT2D eigenvalue weighted by Gasteiger charge is 2.15. The van der Waals surface area contributed by atoms with Crippen molar-refractivity contribution >= 4 is 50.3 Å². The predicted octanol–water partition coefficient (Wildman–Crippen LogP) is 2.29. The van der Waals surface area contributed by atoms with E-state index in [2.05, 4.69) is 25.9 Å². The van der Waals surface area contributed by atoms with Gasteiger partial charge in [0.1, 0.15) is 11.0 Å². The van der Waals surface area contributed by atoms with Crippen molar-refractivity contribution in [1.29, 1.82) is 0 Å². The number of hydrogen-bond donors (Lipinski definition) is 2. The van der Waals surface area contributed by atoms with E-state index < -0.39 is 5.91 Å². The number of rotatable bonds is 2. The van der Waals surface area contributed by atoms with E-state index in [0.29, 0.717) is 21.7 Å². The molecule has 0 aliphatic carbocycles. The van der Waals surface area contributed by atoms with Crippen LogP contribution in [0.25, 0.3) is 11.0 Å². The zero-order valence-electron chi connectivity index (χ0n) is 9.50. The summed E-state index contributed by atoms with van der Waals surface area (Å²) in [6, 6.07) is 1.60. The minimum Gasteiger partial charge on any atom is -0.383 e. The molecule has 18 heavy (non-hydrogen) atoms. The number of carbonyl (C=O) groups is 1. The first-order chi connectivity index (χ1) is 8.45. The van der Waals surface area contributed by atoms with Crippen LogP contribution >= 0.6 is 27.5 Å². The molecule has 0 aliphatic rings. The number of anilines is 1. The van der Waals surface area contributed by atoms with Gasteiger partial charge in [0.15, 0.2) is 5.65 Å². The number of aryl methyl sites for hydroxylation is 1. The van der Waals surface area contributed by atoms with Crippen molar-refractivity contribution in [3.63, 3.8) is 0 Å². The molecule has 1 amide bonds. The van der Waals surface area contributed by atoms with Crippen molar-refractivity contribution in [2.75, 3.05) is 5.73 Å². The van der Waals surface area contributed by atoms with Crippen molar-refractivity contribution < 1.29 is 4.79 Å². The zero-order chi connectivity index (χ0) is 13.4. The number of amides is 1. The lowest BCUT2D eigenvalue weighted by molar-refractivity contribution is 0.100. The lowest BCUT2D eigenvalue weighted by Gasteiger charge is -2.10. The molecular weight excluding hydrogens is 320 g/mol. The Labute approximate surface area is 117 Å². The zero-order valence-corrected chi connectivity index (χ0v) is 11.8. The largest absolute Gasteiger partial charge is 0.383 e. The maximum Gasteiger partial charge on any atom is 0.252 e. The second-order valence-electron chi connectivity index (χ2n) is 3.71. The lowest BCUT2D eigenvalue weighted by atomic mass is 10.1. The van der Waals surface area contributed by atoms with Crippen LogP contribution in [0.4, 0.5) is 5.82 Å². The standard InChI is InChI=1S/C11H10BrClN4O/c1-2-4-5-3-6(10(15)18)9(14)17-11(5)16-8(13)7(4)12/h3H,2H2,1H3,(H2,15,18)(H2,14,16,17). The molecule has 2 aromatic rings. The number of primary amides is 1. The molecule has 94 valence electrons. The fourth-order valence-corrected chi connectivity index (χ4v) is 2.53. The van der Waals surface area contributed by atoms with Gasteiger partial charge in [-0.1, -0.05) is 18.5 Å². The average molecular weight is 330 g/mol. The summed E-state index contributed by atoms with van der Waals surface area (Å²) in [5.41, 5.74) is 12.4. The molecule has 0 atom stereocenters. The SMILES string of the molecule is CCc1c(Br)c(Cl)nc2nc(N)c(C(N)=O)cc12. The number of nitrogens with two attached hydrogens (primary N) is 2. The van der Waals surface area contributed by atoms with E-state index in [-0.39, 0.29) is 11.4 Å². The lowest BCUT2D eigenvalue weighted by Crippen LogP contribution is -2.15. The Hall–Kier alpha value is -1.40. The molecule has 2 heterocycles. The van der Waals surface area contributed by atoms with Crippen LogP contribution in [0, 0.1) is 0 Å². The van der Waals surface area contributed by atoms with Crippen LogP contribution in [0.1, 0.15) is 22.8 Å². The van der Waals surface area contributed by atoms with Crippen LogP contribution in [-0.4, -0.2) is 15.9 Å².